The number of nitrogens with one attached hydrogen (secondary N) is 2. The summed E-state index contributed by atoms with van der Waals surface area (Å²) in [6.07, 6.45) is 11.3. The molecule has 2 amide bonds. The number of amides is 2. The molecule has 0 unspecified atom stereocenters. The summed E-state index contributed by atoms with van der Waals surface area (Å²) in [4.78, 5) is 26.7. The molecule has 1 aromatic carbocycles. The van der Waals surface area contributed by atoms with E-state index in [4.69, 9.17) is 4.52 Å². The highest BCUT2D eigenvalue weighted by molar-refractivity contribution is 7.98. The van der Waals surface area contributed by atoms with E-state index in [0.29, 0.717) is 17.4 Å². The standard InChI is InChI=1S/C20H22N6O2S/c1-29-15-7-5-6-14(12-15)23-19(27)25-20(8-3-2-4-9-20)18-24-17(26-28-18)16-13-21-10-11-22-16/h5-7,10-13H,2-4,8-9H2,1H3,(H2,23,25,27). The molecule has 0 spiro atoms. The fourth-order valence-corrected chi connectivity index (χ4v) is 4.02. The lowest BCUT2D eigenvalue weighted by molar-refractivity contribution is 0.173. The highest BCUT2D eigenvalue weighted by Gasteiger charge is 2.41. The average molecular weight is 411 g/mol. The molecule has 1 saturated carbocycles. The number of thioether (sulfide) groups is 1. The average Bonchev–Trinajstić information content (AvgIpc) is 3.26. The lowest BCUT2D eigenvalue weighted by Crippen LogP contribution is -2.49. The Bertz CT molecular complexity index is 972. The number of hydrogen-bond donors (Lipinski definition) is 2. The van der Waals surface area contributed by atoms with Crippen molar-refractivity contribution in [1.82, 2.24) is 25.4 Å². The normalized spacial score (nSPS) is 15.6. The lowest BCUT2D eigenvalue weighted by atomic mass is 9.81. The van der Waals surface area contributed by atoms with Crippen LogP contribution in [0.25, 0.3) is 11.5 Å². The number of urea groups is 1. The molecule has 2 aromatic heterocycles. The number of aromatic nitrogens is 4. The predicted molar refractivity (Wildman–Crippen MR) is 110 cm³/mol. The maximum atomic E-state index is 12.8. The van der Waals surface area contributed by atoms with Gasteiger partial charge in [-0.2, -0.15) is 4.98 Å². The van der Waals surface area contributed by atoms with Gasteiger partial charge in [-0.1, -0.05) is 30.5 Å². The van der Waals surface area contributed by atoms with Crippen LogP contribution in [0.4, 0.5) is 10.5 Å². The second-order valence-electron chi connectivity index (χ2n) is 6.97. The van der Waals surface area contributed by atoms with Gasteiger partial charge in [0.1, 0.15) is 11.2 Å². The van der Waals surface area contributed by atoms with Crippen molar-refractivity contribution in [3.63, 3.8) is 0 Å². The lowest BCUT2D eigenvalue weighted by Gasteiger charge is -2.34. The molecule has 29 heavy (non-hydrogen) atoms. The van der Waals surface area contributed by atoms with Crippen molar-refractivity contribution in [2.45, 2.75) is 42.5 Å². The number of nitrogens with zero attached hydrogens (tertiary/aromatic N) is 4. The summed E-state index contributed by atoms with van der Waals surface area (Å²) in [5.74, 6) is 0.777. The zero-order valence-corrected chi connectivity index (χ0v) is 16.9. The van der Waals surface area contributed by atoms with Crippen LogP contribution in [0, 0.1) is 0 Å². The minimum absolute atomic E-state index is 0.288. The number of carbonyl (C=O) groups excluding carboxylic acids is 1. The van der Waals surface area contributed by atoms with Gasteiger partial charge in [0, 0.05) is 23.0 Å². The van der Waals surface area contributed by atoms with E-state index in [1.54, 1.807) is 30.4 Å². The molecular weight excluding hydrogens is 388 g/mol. The summed E-state index contributed by atoms with van der Waals surface area (Å²) >= 11 is 1.63. The number of carbonyl (C=O) groups is 1. The van der Waals surface area contributed by atoms with Crippen LogP contribution in [-0.4, -0.2) is 32.4 Å². The molecule has 8 nitrogen and oxygen atoms in total. The first-order valence-electron chi connectivity index (χ1n) is 9.52. The smallest absolute Gasteiger partial charge is 0.320 e. The summed E-state index contributed by atoms with van der Waals surface area (Å²) in [6.45, 7) is 0. The molecule has 3 aromatic rings. The Morgan fingerprint density at radius 1 is 1.21 bits per heavy atom. The van der Waals surface area contributed by atoms with Crippen molar-refractivity contribution in [3.8, 4) is 11.5 Å². The number of hydrogen-bond acceptors (Lipinski definition) is 7. The molecule has 4 rings (SSSR count). The quantitative estimate of drug-likeness (QED) is 0.606. The van der Waals surface area contributed by atoms with Crippen LogP contribution in [0.3, 0.4) is 0 Å². The van der Waals surface area contributed by atoms with Crippen LogP contribution in [0.5, 0.6) is 0 Å². The van der Waals surface area contributed by atoms with E-state index in [1.165, 1.54) is 0 Å². The minimum Gasteiger partial charge on any atom is -0.336 e. The van der Waals surface area contributed by atoms with Gasteiger partial charge >= 0.3 is 6.03 Å². The summed E-state index contributed by atoms with van der Waals surface area (Å²) in [6, 6.07) is 7.44. The van der Waals surface area contributed by atoms with E-state index in [0.717, 1.165) is 42.7 Å². The minimum atomic E-state index is -0.688. The monoisotopic (exact) mass is 410 g/mol. The van der Waals surface area contributed by atoms with Gasteiger partial charge in [0.15, 0.2) is 0 Å². The molecule has 150 valence electrons. The van der Waals surface area contributed by atoms with E-state index in [-0.39, 0.29) is 6.03 Å². The van der Waals surface area contributed by atoms with E-state index in [1.807, 2.05) is 30.5 Å². The maximum Gasteiger partial charge on any atom is 0.320 e. The molecule has 0 bridgehead atoms. The molecular formula is C20H22N6O2S. The SMILES string of the molecule is CSc1cccc(NC(=O)NC2(c3nc(-c4cnccn4)no3)CCCCC2)c1. The highest BCUT2D eigenvalue weighted by Crippen LogP contribution is 2.37. The Hall–Kier alpha value is -2.94. The Kier molecular flexibility index (Phi) is 5.75. The number of benzene rings is 1. The summed E-state index contributed by atoms with van der Waals surface area (Å²) in [7, 11) is 0. The van der Waals surface area contributed by atoms with Crippen LogP contribution in [-0.2, 0) is 5.54 Å². The van der Waals surface area contributed by atoms with Crippen molar-refractivity contribution in [1.29, 1.82) is 0 Å². The van der Waals surface area contributed by atoms with Gasteiger partial charge < -0.3 is 15.2 Å². The first-order valence-corrected chi connectivity index (χ1v) is 10.7. The van der Waals surface area contributed by atoms with Gasteiger partial charge in [-0.15, -0.1) is 11.8 Å². The molecule has 1 aliphatic carbocycles. The second kappa shape index (κ2) is 8.60. The second-order valence-corrected chi connectivity index (χ2v) is 7.85. The molecule has 2 heterocycles. The Balaban J connectivity index is 1.55. The van der Waals surface area contributed by atoms with E-state index < -0.39 is 5.54 Å². The first-order chi connectivity index (χ1) is 14.2. The number of rotatable bonds is 5. The van der Waals surface area contributed by atoms with Gasteiger partial charge in [0.25, 0.3) is 5.89 Å². The van der Waals surface area contributed by atoms with E-state index in [9.17, 15) is 4.79 Å². The molecule has 0 atom stereocenters. The van der Waals surface area contributed by atoms with Crippen LogP contribution in [0.15, 0.2) is 52.3 Å². The molecule has 2 N–H and O–H groups in total. The van der Waals surface area contributed by atoms with Crippen molar-refractivity contribution in [3.05, 3.63) is 48.7 Å². The van der Waals surface area contributed by atoms with Crippen LogP contribution >= 0.6 is 11.8 Å². The van der Waals surface area contributed by atoms with E-state index in [2.05, 4.69) is 30.7 Å². The number of anilines is 1. The first kappa shape index (κ1) is 19.4. The summed E-state index contributed by atoms with van der Waals surface area (Å²) in [5.41, 5.74) is 0.588. The maximum absolute atomic E-state index is 12.8. The predicted octanol–water partition coefficient (Wildman–Crippen LogP) is 4.23. The Morgan fingerprint density at radius 3 is 2.83 bits per heavy atom. The molecule has 0 aliphatic heterocycles. The van der Waals surface area contributed by atoms with Gasteiger partial charge in [0.2, 0.25) is 5.82 Å². The third-order valence-electron chi connectivity index (χ3n) is 5.02. The fourth-order valence-electron chi connectivity index (χ4n) is 3.56. The Morgan fingerprint density at radius 2 is 2.07 bits per heavy atom. The van der Waals surface area contributed by atoms with Gasteiger partial charge in [0.05, 0.1) is 6.20 Å². The topological polar surface area (TPSA) is 106 Å². The highest BCUT2D eigenvalue weighted by atomic mass is 32.2. The summed E-state index contributed by atoms with van der Waals surface area (Å²) in [5, 5.41) is 10.1. The molecule has 1 aliphatic rings. The molecule has 0 radical (unpaired) electrons. The van der Waals surface area contributed by atoms with Crippen LogP contribution in [0.1, 0.15) is 38.0 Å². The van der Waals surface area contributed by atoms with Gasteiger partial charge in [-0.3, -0.25) is 4.98 Å². The molecule has 1 fully saturated rings. The van der Waals surface area contributed by atoms with Crippen molar-refractivity contribution in [2.75, 3.05) is 11.6 Å². The van der Waals surface area contributed by atoms with Crippen LogP contribution in [0.2, 0.25) is 0 Å². The van der Waals surface area contributed by atoms with Gasteiger partial charge in [-0.05, 0) is 37.3 Å². The zero-order valence-electron chi connectivity index (χ0n) is 16.1. The molecule has 0 saturated heterocycles. The van der Waals surface area contributed by atoms with Crippen molar-refractivity contribution < 1.29 is 9.32 Å². The van der Waals surface area contributed by atoms with Crippen molar-refractivity contribution >= 4 is 23.5 Å². The Labute approximate surface area is 172 Å². The fraction of sp³-hybridized carbons (Fsp3) is 0.350. The summed E-state index contributed by atoms with van der Waals surface area (Å²) < 4.78 is 5.57. The molecule has 9 heteroatoms. The van der Waals surface area contributed by atoms with Crippen LogP contribution < -0.4 is 10.6 Å². The third-order valence-corrected chi connectivity index (χ3v) is 5.74. The zero-order chi connectivity index (χ0) is 20.1. The van der Waals surface area contributed by atoms with E-state index >= 15 is 0 Å². The largest absolute Gasteiger partial charge is 0.336 e. The van der Waals surface area contributed by atoms with Gasteiger partial charge in [-0.25, -0.2) is 9.78 Å². The van der Waals surface area contributed by atoms with Crippen molar-refractivity contribution in [2.24, 2.45) is 0 Å². The third kappa shape index (κ3) is 4.40.